The Morgan fingerprint density at radius 1 is 1.41 bits per heavy atom. The lowest BCUT2D eigenvalue weighted by molar-refractivity contribution is -0.119. The zero-order valence-electron chi connectivity index (χ0n) is 9.41. The normalized spacial score (nSPS) is 12.6. The van der Waals surface area contributed by atoms with Crippen molar-refractivity contribution >= 4 is 22.6 Å². The summed E-state index contributed by atoms with van der Waals surface area (Å²) in [6.45, 7) is 2.06. The smallest absolute Gasteiger partial charge is 0.323 e. The number of carbonyl (C=O) groups excluding carboxylic acids is 1. The molecule has 0 radical (unpaired) electrons. The minimum absolute atomic E-state index is 0.135. The van der Waals surface area contributed by atoms with E-state index in [4.69, 9.17) is 5.73 Å². The molecule has 0 aliphatic carbocycles. The zero-order valence-corrected chi connectivity index (χ0v) is 9.41. The van der Waals surface area contributed by atoms with Crippen LogP contribution in [0.5, 0.6) is 0 Å². The van der Waals surface area contributed by atoms with Crippen molar-refractivity contribution in [2.24, 2.45) is 11.7 Å². The van der Waals surface area contributed by atoms with Gasteiger partial charge in [-0.2, -0.15) is 0 Å². The first-order valence-electron chi connectivity index (χ1n) is 5.33. The molecule has 0 aliphatic rings. The van der Waals surface area contributed by atoms with Gasteiger partial charge in [0.2, 0.25) is 5.91 Å². The van der Waals surface area contributed by atoms with E-state index >= 15 is 0 Å². The lowest BCUT2D eigenvalue weighted by Gasteiger charge is -2.09. The van der Waals surface area contributed by atoms with Gasteiger partial charge in [-0.1, -0.05) is 6.92 Å². The number of fused-ring (bicyclic) bond motifs is 1. The summed E-state index contributed by atoms with van der Waals surface area (Å²) in [5.41, 5.74) is 7.15. The molecule has 0 fully saturated rings. The third-order valence-electron chi connectivity index (χ3n) is 2.58. The average Bonchev–Trinajstić information content (AvgIpc) is 2.67. The third kappa shape index (κ3) is 2.36. The molecule has 1 heterocycles. The molecule has 0 saturated carbocycles. The fraction of sp³-hybridized carbons (Fsp3) is 0.273. The van der Waals surface area contributed by atoms with E-state index in [2.05, 4.69) is 15.3 Å². The number of hydrogen-bond acceptors (Lipinski definition) is 3. The molecular formula is C11H14N4O2. The molecule has 1 amide bonds. The van der Waals surface area contributed by atoms with Crippen molar-refractivity contribution in [1.82, 2.24) is 9.97 Å². The van der Waals surface area contributed by atoms with Gasteiger partial charge in [-0.25, -0.2) is 4.79 Å². The maximum absolute atomic E-state index is 11.6. The van der Waals surface area contributed by atoms with E-state index in [9.17, 15) is 9.59 Å². The van der Waals surface area contributed by atoms with Crippen LogP contribution < -0.4 is 16.7 Å². The van der Waals surface area contributed by atoms with Crippen molar-refractivity contribution in [2.75, 3.05) is 11.9 Å². The number of hydrogen-bond donors (Lipinski definition) is 4. The lowest BCUT2D eigenvalue weighted by atomic mass is 10.1. The van der Waals surface area contributed by atoms with Crippen molar-refractivity contribution in [3.05, 3.63) is 28.7 Å². The summed E-state index contributed by atoms with van der Waals surface area (Å²) in [4.78, 5) is 27.9. The molecule has 1 aromatic heterocycles. The molecular weight excluding hydrogens is 220 g/mol. The van der Waals surface area contributed by atoms with E-state index in [1.54, 1.807) is 25.1 Å². The minimum Gasteiger partial charge on any atom is -0.330 e. The van der Waals surface area contributed by atoms with Crippen LogP contribution in [0, 0.1) is 5.92 Å². The van der Waals surface area contributed by atoms with Crippen molar-refractivity contribution < 1.29 is 4.79 Å². The number of aromatic nitrogens is 2. The molecule has 2 rings (SSSR count). The predicted molar refractivity (Wildman–Crippen MR) is 65.8 cm³/mol. The Balaban J connectivity index is 2.24. The second kappa shape index (κ2) is 4.42. The van der Waals surface area contributed by atoms with E-state index < -0.39 is 0 Å². The standard InChI is InChI=1S/C11H14N4O2/c1-6(5-12)10(16)13-7-2-3-8-9(4-7)15-11(17)14-8/h2-4,6H,5,12H2,1H3,(H,13,16)(H2,14,15,17). The van der Waals surface area contributed by atoms with Gasteiger partial charge in [-0.3, -0.25) is 4.79 Å². The maximum Gasteiger partial charge on any atom is 0.323 e. The summed E-state index contributed by atoms with van der Waals surface area (Å²) in [5, 5.41) is 2.74. The van der Waals surface area contributed by atoms with Gasteiger partial charge in [0.05, 0.1) is 11.0 Å². The van der Waals surface area contributed by atoms with Crippen LogP contribution in [0.4, 0.5) is 5.69 Å². The molecule has 0 spiro atoms. The monoisotopic (exact) mass is 234 g/mol. The summed E-state index contributed by atoms with van der Waals surface area (Å²) >= 11 is 0. The summed E-state index contributed by atoms with van der Waals surface area (Å²) in [5.74, 6) is -0.374. The summed E-state index contributed by atoms with van der Waals surface area (Å²) < 4.78 is 0. The Hall–Kier alpha value is -2.08. The van der Waals surface area contributed by atoms with Crippen LogP contribution in [0.2, 0.25) is 0 Å². The number of anilines is 1. The van der Waals surface area contributed by atoms with Gasteiger partial charge >= 0.3 is 5.69 Å². The van der Waals surface area contributed by atoms with Crippen LogP contribution in [-0.4, -0.2) is 22.4 Å². The highest BCUT2D eigenvalue weighted by atomic mass is 16.2. The van der Waals surface area contributed by atoms with E-state index in [1.165, 1.54) is 0 Å². The van der Waals surface area contributed by atoms with E-state index in [0.717, 1.165) is 0 Å². The van der Waals surface area contributed by atoms with Crippen LogP contribution in [0.1, 0.15) is 6.92 Å². The highest BCUT2D eigenvalue weighted by molar-refractivity contribution is 5.94. The molecule has 6 heteroatoms. The van der Waals surface area contributed by atoms with E-state index in [1.807, 2.05) is 0 Å². The van der Waals surface area contributed by atoms with Crippen molar-refractivity contribution in [3.8, 4) is 0 Å². The largest absolute Gasteiger partial charge is 0.330 e. The molecule has 1 unspecified atom stereocenters. The fourth-order valence-electron chi connectivity index (χ4n) is 1.48. The van der Waals surface area contributed by atoms with Crippen molar-refractivity contribution in [2.45, 2.75) is 6.92 Å². The summed E-state index contributed by atoms with van der Waals surface area (Å²) in [7, 11) is 0. The van der Waals surface area contributed by atoms with Crippen LogP contribution in [0.25, 0.3) is 11.0 Å². The fourth-order valence-corrected chi connectivity index (χ4v) is 1.48. The highest BCUT2D eigenvalue weighted by Crippen LogP contribution is 2.15. The SMILES string of the molecule is CC(CN)C(=O)Nc1ccc2[nH]c(=O)[nH]c2c1. The summed E-state index contributed by atoms with van der Waals surface area (Å²) in [6, 6.07) is 5.16. The molecule has 5 N–H and O–H groups in total. The Kier molecular flexibility index (Phi) is 2.97. The molecule has 0 bridgehead atoms. The number of rotatable bonds is 3. The van der Waals surface area contributed by atoms with Crippen LogP contribution in [0.15, 0.2) is 23.0 Å². The van der Waals surface area contributed by atoms with Gasteiger partial charge in [0, 0.05) is 18.2 Å². The Morgan fingerprint density at radius 3 is 2.82 bits per heavy atom. The van der Waals surface area contributed by atoms with Crippen LogP contribution >= 0.6 is 0 Å². The van der Waals surface area contributed by atoms with Gasteiger partial charge in [0.25, 0.3) is 0 Å². The van der Waals surface area contributed by atoms with Crippen LogP contribution in [-0.2, 0) is 4.79 Å². The van der Waals surface area contributed by atoms with Crippen molar-refractivity contribution in [1.29, 1.82) is 0 Å². The first kappa shape index (κ1) is 11.4. The lowest BCUT2D eigenvalue weighted by Crippen LogP contribution is -2.26. The molecule has 1 atom stereocenters. The second-order valence-corrected chi connectivity index (χ2v) is 3.97. The van der Waals surface area contributed by atoms with Gasteiger partial charge in [0.15, 0.2) is 0 Å². The number of imidazole rings is 1. The number of nitrogens with one attached hydrogen (secondary N) is 3. The number of carbonyl (C=O) groups is 1. The van der Waals surface area contributed by atoms with Crippen LogP contribution in [0.3, 0.4) is 0 Å². The average molecular weight is 234 g/mol. The quantitative estimate of drug-likeness (QED) is 0.617. The van der Waals surface area contributed by atoms with Crippen molar-refractivity contribution in [3.63, 3.8) is 0 Å². The molecule has 90 valence electrons. The Morgan fingerprint density at radius 2 is 2.12 bits per heavy atom. The number of amides is 1. The van der Waals surface area contributed by atoms with Gasteiger partial charge in [0.1, 0.15) is 0 Å². The molecule has 1 aromatic carbocycles. The molecule has 2 aromatic rings. The Labute approximate surface area is 97.2 Å². The number of nitrogens with two attached hydrogens (primary N) is 1. The molecule has 0 aliphatic heterocycles. The topological polar surface area (TPSA) is 104 Å². The maximum atomic E-state index is 11.6. The van der Waals surface area contributed by atoms with Gasteiger partial charge in [-0.15, -0.1) is 0 Å². The second-order valence-electron chi connectivity index (χ2n) is 3.97. The summed E-state index contributed by atoms with van der Waals surface area (Å²) in [6.07, 6.45) is 0. The molecule has 6 nitrogen and oxygen atoms in total. The van der Waals surface area contributed by atoms with E-state index in [-0.39, 0.29) is 17.5 Å². The van der Waals surface area contributed by atoms with Gasteiger partial charge < -0.3 is 21.0 Å². The molecule has 0 saturated heterocycles. The number of H-pyrrole nitrogens is 2. The third-order valence-corrected chi connectivity index (χ3v) is 2.58. The van der Waals surface area contributed by atoms with E-state index in [0.29, 0.717) is 23.3 Å². The minimum atomic E-state index is -0.265. The number of aromatic amines is 2. The highest BCUT2D eigenvalue weighted by Gasteiger charge is 2.11. The molecule has 17 heavy (non-hydrogen) atoms. The van der Waals surface area contributed by atoms with Gasteiger partial charge in [-0.05, 0) is 18.2 Å². The Bertz CT molecular complexity index is 599. The first-order chi connectivity index (χ1) is 8.10. The first-order valence-corrected chi connectivity index (χ1v) is 5.33. The predicted octanol–water partition coefficient (Wildman–Crippen LogP) is 0.390. The number of benzene rings is 1. The zero-order chi connectivity index (χ0) is 12.4.